The third kappa shape index (κ3) is 4.17. The summed E-state index contributed by atoms with van der Waals surface area (Å²) in [6.45, 7) is 1.86. The van der Waals surface area contributed by atoms with Crippen LogP contribution in [0.15, 0.2) is 48.7 Å². The molecule has 1 atom stereocenters. The predicted molar refractivity (Wildman–Crippen MR) is 121 cm³/mol. The van der Waals surface area contributed by atoms with Crippen LogP contribution in [0.25, 0.3) is 22.0 Å². The van der Waals surface area contributed by atoms with Crippen LogP contribution in [0.3, 0.4) is 0 Å². The van der Waals surface area contributed by atoms with Gasteiger partial charge in [0.1, 0.15) is 12.2 Å². The van der Waals surface area contributed by atoms with Crippen molar-refractivity contribution in [1.29, 1.82) is 0 Å². The van der Waals surface area contributed by atoms with Crippen molar-refractivity contribution < 1.29 is 18.7 Å². The van der Waals surface area contributed by atoms with Crippen molar-refractivity contribution >= 4 is 28.4 Å². The zero-order valence-corrected chi connectivity index (χ0v) is 18.4. The number of fused-ring (bicyclic) bond motifs is 1. The first-order valence-corrected chi connectivity index (χ1v) is 11.4. The lowest BCUT2D eigenvalue weighted by molar-refractivity contribution is -0.142. The van der Waals surface area contributed by atoms with Crippen LogP contribution in [0.1, 0.15) is 25.7 Å². The van der Waals surface area contributed by atoms with Crippen molar-refractivity contribution in [2.24, 2.45) is 0 Å². The van der Waals surface area contributed by atoms with Crippen LogP contribution in [0.5, 0.6) is 5.75 Å². The lowest BCUT2D eigenvalue weighted by atomic mass is 10.0. The van der Waals surface area contributed by atoms with Gasteiger partial charge in [0, 0.05) is 49.7 Å². The van der Waals surface area contributed by atoms with Crippen molar-refractivity contribution in [3.05, 3.63) is 59.5 Å². The number of amides is 1. The minimum Gasteiger partial charge on any atom is -0.487 e. The van der Waals surface area contributed by atoms with Gasteiger partial charge in [0.05, 0.1) is 10.5 Å². The van der Waals surface area contributed by atoms with Gasteiger partial charge in [-0.25, -0.2) is 4.39 Å². The van der Waals surface area contributed by atoms with Gasteiger partial charge in [-0.3, -0.25) is 9.78 Å². The average Bonchev–Trinajstić information content (AvgIpc) is 3.36. The number of piperidine rings is 1. The van der Waals surface area contributed by atoms with Gasteiger partial charge in [0.15, 0.2) is 11.6 Å². The maximum Gasteiger partial charge on any atom is 0.251 e. The molecular weight excluding hydrogens is 431 g/mol. The van der Waals surface area contributed by atoms with E-state index in [4.69, 9.17) is 21.1 Å². The molecule has 5 rings (SSSR count). The Balaban J connectivity index is 1.26. The van der Waals surface area contributed by atoms with Crippen LogP contribution in [-0.2, 0) is 9.53 Å². The molecule has 2 aromatic carbocycles. The molecule has 1 amide bonds. The van der Waals surface area contributed by atoms with Crippen molar-refractivity contribution in [2.45, 2.75) is 37.9 Å². The van der Waals surface area contributed by atoms with E-state index in [2.05, 4.69) is 4.98 Å². The summed E-state index contributed by atoms with van der Waals surface area (Å²) in [5.74, 6) is -0.150. The Bertz CT molecular complexity index is 1140. The molecule has 0 radical (unpaired) electrons. The zero-order chi connectivity index (χ0) is 22.1. The monoisotopic (exact) mass is 454 g/mol. The highest BCUT2D eigenvalue weighted by Gasteiger charge is 2.31. The molecule has 0 bridgehead atoms. The first-order valence-electron chi connectivity index (χ1n) is 11.0. The molecule has 166 valence electrons. The Hall–Kier alpha value is -2.70. The average molecular weight is 455 g/mol. The normalized spacial score (nSPS) is 19.4. The molecule has 0 aliphatic carbocycles. The maximum atomic E-state index is 14.9. The van der Waals surface area contributed by atoms with Gasteiger partial charge in [-0.2, -0.15) is 0 Å². The van der Waals surface area contributed by atoms with Crippen molar-refractivity contribution in [3.63, 3.8) is 0 Å². The van der Waals surface area contributed by atoms with E-state index in [0.717, 1.165) is 23.8 Å². The molecule has 2 saturated heterocycles. The number of nitrogens with zero attached hydrogens (tertiary/aromatic N) is 2. The lowest BCUT2D eigenvalue weighted by Gasteiger charge is -2.33. The van der Waals surface area contributed by atoms with Crippen molar-refractivity contribution in [1.82, 2.24) is 9.88 Å². The van der Waals surface area contributed by atoms with Crippen LogP contribution in [0.4, 0.5) is 4.39 Å². The van der Waals surface area contributed by atoms with Crippen LogP contribution >= 0.6 is 11.6 Å². The lowest BCUT2D eigenvalue weighted by Crippen LogP contribution is -2.45. The number of rotatable bonds is 4. The van der Waals surface area contributed by atoms with Gasteiger partial charge in [-0.15, -0.1) is 0 Å². The molecule has 2 aliphatic rings. The van der Waals surface area contributed by atoms with Gasteiger partial charge in [0.25, 0.3) is 5.91 Å². The Labute approximate surface area is 191 Å². The molecule has 2 fully saturated rings. The standard InChI is InChI=1S/C25H24ClFN2O3/c26-23-19(7-5-16-3-1-11-28-24(16)23)17-6-8-21(20(27)15-17)32-18-9-12-29(13-10-18)25(30)22-4-2-14-31-22/h1,3,5-8,11,15,18,22H,2,4,9-10,12-14H2/t22-/m1/s1. The number of likely N-dealkylation sites (tertiary alicyclic amines) is 1. The molecular formula is C25H24ClFN2O3. The number of carbonyl (C=O) groups excluding carboxylic acids is 1. The van der Waals surface area contributed by atoms with E-state index in [1.54, 1.807) is 12.3 Å². The van der Waals surface area contributed by atoms with Crippen molar-refractivity contribution in [3.8, 4) is 16.9 Å². The van der Waals surface area contributed by atoms with Gasteiger partial charge < -0.3 is 14.4 Å². The summed E-state index contributed by atoms with van der Waals surface area (Å²) in [6, 6.07) is 12.5. The second kappa shape index (κ2) is 9.04. The van der Waals surface area contributed by atoms with Crippen LogP contribution in [-0.4, -0.2) is 47.7 Å². The molecule has 7 heteroatoms. The summed E-state index contributed by atoms with van der Waals surface area (Å²) >= 11 is 6.55. The quantitative estimate of drug-likeness (QED) is 0.540. The summed E-state index contributed by atoms with van der Waals surface area (Å²) < 4.78 is 26.3. The van der Waals surface area contributed by atoms with E-state index >= 15 is 0 Å². The van der Waals surface area contributed by atoms with E-state index < -0.39 is 5.82 Å². The zero-order valence-electron chi connectivity index (χ0n) is 17.6. The summed E-state index contributed by atoms with van der Waals surface area (Å²) in [7, 11) is 0. The minimum atomic E-state index is -0.433. The number of carbonyl (C=O) groups is 1. The molecule has 0 N–H and O–H groups in total. The number of aromatic nitrogens is 1. The highest BCUT2D eigenvalue weighted by Crippen LogP contribution is 2.35. The Morgan fingerprint density at radius 2 is 2.00 bits per heavy atom. The largest absolute Gasteiger partial charge is 0.487 e. The third-order valence-corrected chi connectivity index (χ3v) is 6.59. The summed E-state index contributed by atoms with van der Waals surface area (Å²) in [5, 5.41) is 1.44. The summed E-state index contributed by atoms with van der Waals surface area (Å²) in [5.41, 5.74) is 2.09. The number of benzene rings is 2. The fourth-order valence-corrected chi connectivity index (χ4v) is 4.78. The van der Waals surface area contributed by atoms with E-state index in [9.17, 15) is 9.18 Å². The minimum absolute atomic E-state index is 0.0678. The molecule has 0 saturated carbocycles. The fourth-order valence-electron chi connectivity index (χ4n) is 4.45. The van der Waals surface area contributed by atoms with Crippen LogP contribution in [0.2, 0.25) is 5.02 Å². The molecule has 32 heavy (non-hydrogen) atoms. The third-order valence-electron chi connectivity index (χ3n) is 6.21. The van der Waals surface area contributed by atoms with E-state index in [1.807, 2.05) is 35.2 Å². The molecule has 0 unspecified atom stereocenters. The molecule has 1 aromatic heterocycles. The highest BCUT2D eigenvalue weighted by atomic mass is 35.5. The molecule has 3 heterocycles. The van der Waals surface area contributed by atoms with E-state index in [-0.39, 0.29) is 23.9 Å². The topological polar surface area (TPSA) is 51.7 Å². The van der Waals surface area contributed by atoms with Crippen LogP contribution in [0, 0.1) is 5.82 Å². The van der Waals surface area contributed by atoms with Gasteiger partial charge in [0.2, 0.25) is 0 Å². The molecule has 2 aliphatic heterocycles. The second-order valence-electron chi connectivity index (χ2n) is 8.29. The first-order chi connectivity index (χ1) is 15.6. The predicted octanol–water partition coefficient (Wildman–Crippen LogP) is 5.24. The number of hydrogen-bond acceptors (Lipinski definition) is 4. The van der Waals surface area contributed by atoms with Gasteiger partial charge >= 0.3 is 0 Å². The van der Waals surface area contributed by atoms with E-state index in [0.29, 0.717) is 48.6 Å². The van der Waals surface area contributed by atoms with Gasteiger partial charge in [-0.1, -0.05) is 35.9 Å². The fraction of sp³-hybridized carbons (Fsp3) is 0.360. The Morgan fingerprint density at radius 1 is 1.16 bits per heavy atom. The molecule has 0 spiro atoms. The summed E-state index contributed by atoms with van der Waals surface area (Å²) in [4.78, 5) is 18.7. The second-order valence-corrected chi connectivity index (χ2v) is 8.67. The SMILES string of the molecule is O=C([C@H]1CCCO1)N1CCC(Oc2ccc(-c3ccc4cccnc4c3Cl)cc2F)CC1. The first kappa shape index (κ1) is 21.2. The maximum absolute atomic E-state index is 14.9. The molecule has 5 nitrogen and oxygen atoms in total. The molecule has 3 aromatic rings. The van der Waals surface area contributed by atoms with Crippen molar-refractivity contribution in [2.75, 3.05) is 19.7 Å². The number of ether oxygens (including phenoxy) is 2. The summed E-state index contributed by atoms with van der Waals surface area (Å²) in [6.07, 6.45) is 4.33. The smallest absolute Gasteiger partial charge is 0.251 e. The number of halogens is 2. The number of hydrogen-bond donors (Lipinski definition) is 0. The van der Waals surface area contributed by atoms with Gasteiger partial charge in [-0.05, 0) is 36.6 Å². The van der Waals surface area contributed by atoms with E-state index in [1.165, 1.54) is 6.07 Å². The van der Waals surface area contributed by atoms with Crippen LogP contribution < -0.4 is 4.74 Å². The Kier molecular flexibility index (Phi) is 5.98. The highest BCUT2D eigenvalue weighted by molar-refractivity contribution is 6.37. The number of pyridine rings is 1. The Morgan fingerprint density at radius 3 is 2.75 bits per heavy atom.